The van der Waals surface area contributed by atoms with Gasteiger partial charge in [0.25, 0.3) is 0 Å². The van der Waals surface area contributed by atoms with E-state index in [1.165, 1.54) is 70.7 Å². The number of nitrogens with zero attached hydrogens (tertiary/aromatic N) is 3. The summed E-state index contributed by atoms with van der Waals surface area (Å²) in [7, 11) is 0. The Bertz CT molecular complexity index is 3020. The van der Waals surface area contributed by atoms with Gasteiger partial charge in [0.05, 0.1) is 44.5 Å². The normalized spacial score (nSPS) is 12.3. The fraction of sp³-hybridized carbons (Fsp3) is 0. The van der Waals surface area contributed by atoms with Gasteiger partial charge in [-0.1, -0.05) is 121 Å². The van der Waals surface area contributed by atoms with Crippen LogP contribution in [0.25, 0.3) is 98.5 Å². The lowest BCUT2D eigenvalue weighted by Crippen LogP contribution is -2.00. The van der Waals surface area contributed by atoms with E-state index in [1.54, 1.807) is 0 Å². The number of rotatable bonds is 2. The summed E-state index contributed by atoms with van der Waals surface area (Å²) >= 11 is 0. The van der Waals surface area contributed by atoms with Gasteiger partial charge in [-0.2, -0.15) is 0 Å². The molecule has 0 radical (unpaired) electrons. The first kappa shape index (κ1) is 24.2. The van der Waals surface area contributed by atoms with Crippen molar-refractivity contribution in [2.75, 3.05) is 0 Å². The second-order valence-corrected chi connectivity index (χ2v) is 12.3. The molecule has 0 atom stereocenters. The van der Waals surface area contributed by atoms with Crippen LogP contribution in [0.1, 0.15) is 0 Å². The molecule has 0 spiro atoms. The second kappa shape index (κ2) is 8.71. The van der Waals surface area contributed by atoms with Crippen LogP contribution in [0, 0.1) is 0 Å². The monoisotopic (exact) mass is 583 g/mol. The molecular formula is C43H25N3. The zero-order valence-corrected chi connectivity index (χ0v) is 24.8. The van der Waals surface area contributed by atoms with Crippen molar-refractivity contribution in [2.24, 2.45) is 0 Å². The number of para-hydroxylation sites is 3. The Kier molecular flexibility index (Phi) is 4.58. The van der Waals surface area contributed by atoms with Crippen molar-refractivity contribution in [3.63, 3.8) is 0 Å². The highest BCUT2D eigenvalue weighted by Gasteiger charge is 2.25. The number of benzene rings is 7. The maximum absolute atomic E-state index is 5.33. The molecule has 212 valence electrons. The van der Waals surface area contributed by atoms with E-state index >= 15 is 0 Å². The average Bonchev–Trinajstić information content (AvgIpc) is 3.58. The molecule has 3 heteroatoms. The van der Waals surface area contributed by atoms with Gasteiger partial charge in [-0.15, -0.1) is 0 Å². The van der Waals surface area contributed by atoms with Crippen LogP contribution in [0.5, 0.6) is 0 Å². The summed E-state index contributed by atoms with van der Waals surface area (Å²) < 4.78 is 5.02. The van der Waals surface area contributed by atoms with E-state index in [0.29, 0.717) is 0 Å². The first-order valence-corrected chi connectivity index (χ1v) is 15.8. The average molecular weight is 584 g/mol. The summed E-state index contributed by atoms with van der Waals surface area (Å²) in [6, 6.07) is 55.1. The highest BCUT2D eigenvalue weighted by Crippen LogP contribution is 2.47. The molecule has 3 nitrogen and oxygen atoms in total. The van der Waals surface area contributed by atoms with E-state index in [-0.39, 0.29) is 0 Å². The van der Waals surface area contributed by atoms with Gasteiger partial charge in [-0.25, -0.2) is 4.98 Å². The summed E-state index contributed by atoms with van der Waals surface area (Å²) in [5.41, 5.74) is 10.3. The smallest absolute Gasteiger partial charge is 0.0950 e. The molecule has 0 unspecified atom stereocenters. The van der Waals surface area contributed by atoms with Crippen molar-refractivity contribution in [3.05, 3.63) is 152 Å². The molecule has 4 heterocycles. The van der Waals surface area contributed by atoms with Crippen molar-refractivity contribution in [2.45, 2.75) is 0 Å². The molecule has 0 N–H and O–H groups in total. The minimum absolute atomic E-state index is 0.976. The molecular weight excluding hydrogens is 558 g/mol. The van der Waals surface area contributed by atoms with Crippen LogP contribution in [0.4, 0.5) is 0 Å². The third-order valence-corrected chi connectivity index (χ3v) is 9.98. The van der Waals surface area contributed by atoms with E-state index in [4.69, 9.17) is 4.98 Å². The Balaban J connectivity index is 1.47. The summed E-state index contributed by atoms with van der Waals surface area (Å²) in [6.45, 7) is 0. The summed E-state index contributed by atoms with van der Waals surface area (Å²) in [5.74, 6) is 0. The van der Waals surface area contributed by atoms with E-state index in [9.17, 15) is 0 Å². The highest BCUT2D eigenvalue weighted by atomic mass is 15.0. The predicted molar refractivity (Wildman–Crippen MR) is 194 cm³/mol. The maximum Gasteiger partial charge on any atom is 0.0950 e. The summed E-state index contributed by atoms with van der Waals surface area (Å²) in [4.78, 5) is 5.33. The Morgan fingerprint density at radius 1 is 0.413 bits per heavy atom. The molecule has 46 heavy (non-hydrogen) atoms. The van der Waals surface area contributed by atoms with Crippen LogP contribution in [0.15, 0.2) is 152 Å². The van der Waals surface area contributed by atoms with Gasteiger partial charge < -0.3 is 8.97 Å². The lowest BCUT2D eigenvalue weighted by molar-refractivity contribution is 1.16. The lowest BCUT2D eigenvalue weighted by atomic mass is 10.0. The number of pyridine rings is 1. The molecule has 0 amide bonds. The van der Waals surface area contributed by atoms with Crippen LogP contribution >= 0.6 is 0 Å². The molecule has 0 bridgehead atoms. The van der Waals surface area contributed by atoms with Crippen molar-refractivity contribution < 1.29 is 0 Å². The van der Waals surface area contributed by atoms with Gasteiger partial charge in [0.15, 0.2) is 0 Å². The molecule has 11 rings (SSSR count). The molecule has 0 aliphatic heterocycles. The number of fused-ring (bicyclic) bond motifs is 8. The first-order chi connectivity index (χ1) is 22.8. The van der Waals surface area contributed by atoms with Crippen molar-refractivity contribution in [1.29, 1.82) is 0 Å². The largest absolute Gasteiger partial charge is 0.307 e. The van der Waals surface area contributed by atoms with Gasteiger partial charge in [0.1, 0.15) is 0 Å². The Labute approximate surface area is 263 Å². The topological polar surface area (TPSA) is 22.2 Å². The molecule has 7 aromatic carbocycles. The van der Waals surface area contributed by atoms with Crippen LogP contribution in [-0.4, -0.2) is 14.0 Å². The third kappa shape index (κ3) is 2.99. The van der Waals surface area contributed by atoms with Crippen molar-refractivity contribution >= 4 is 81.6 Å². The van der Waals surface area contributed by atoms with Gasteiger partial charge in [-0.3, -0.25) is 0 Å². The molecule has 4 aromatic heterocycles. The van der Waals surface area contributed by atoms with E-state index in [0.717, 1.165) is 27.8 Å². The van der Waals surface area contributed by atoms with Gasteiger partial charge >= 0.3 is 0 Å². The Morgan fingerprint density at radius 2 is 1.07 bits per heavy atom. The number of hydrogen-bond donors (Lipinski definition) is 0. The van der Waals surface area contributed by atoms with Crippen molar-refractivity contribution in [3.8, 4) is 16.9 Å². The van der Waals surface area contributed by atoms with Gasteiger partial charge in [-0.05, 0) is 41.1 Å². The molecule has 0 aliphatic rings. The SMILES string of the molecule is c1ccc(-c2nc3ccccc3cc2-n2c3cccc4c5cccc6c7ccccc7n(c56)c5c6ccccc6cc2c5c43)cc1. The number of aromatic nitrogens is 3. The van der Waals surface area contributed by atoms with Crippen LogP contribution < -0.4 is 0 Å². The highest BCUT2D eigenvalue weighted by molar-refractivity contribution is 6.34. The van der Waals surface area contributed by atoms with Crippen LogP contribution in [0.2, 0.25) is 0 Å². The quantitative estimate of drug-likeness (QED) is 0.198. The van der Waals surface area contributed by atoms with Crippen LogP contribution in [0.3, 0.4) is 0 Å². The minimum atomic E-state index is 0.976. The second-order valence-electron chi connectivity index (χ2n) is 12.3. The lowest BCUT2D eigenvalue weighted by Gasteiger charge is -2.16. The zero-order valence-electron chi connectivity index (χ0n) is 24.8. The molecule has 0 saturated heterocycles. The maximum atomic E-state index is 5.33. The fourth-order valence-corrected chi connectivity index (χ4v) is 8.12. The first-order valence-electron chi connectivity index (χ1n) is 15.8. The van der Waals surface area contributed by atoms with Crippen molar-refractivity contribution in [1.82, 2.24) is 14.0 Å². The minimum Gasteiger partial charge on any atom is -0.307 e. The van der Waals surface area contributed by atoms with E-state index in [1.807, 2.05) is 0 Å². The molecule has 0 saturated carbocycles. The zero-order chi connectivity index (χ0) is 29.9. The molecule has 0 aliphatic carbocycles. The number of hydrogen-bond acceptors (Lipinski definition) is 1. The Hall–Kier alpha value is -6.19. The Morgan fingerprint density at radius 3 is 1.96 bits per heavy atom. The predicted octanol–water partition coefficient (Wildman–Crippen LogP) is 11.3. The van der Waals surface area contributed by atoms with Gasteiger partial charge in [0, 0.05) is 43.3 Å². The summed E-state index contributed by atoms with van der Waals surface area (Å²) in [5, 5.41) is 11.2. The van der Waals surface area contributed by atoms with E-state index in [2.05, 4.69) is 161 Å². The third-order valence-electron chi connectivity index (χ3n) is 9.98. The summed E-state index contributed by atoms with van der Waals surface area (Å²) in [6.07, 6.45) is 0. The van der Waals surface area contributed by atoms with E-state index < -0.39 is 0 Å². The van der Waals surface area contributed by atoms with Crippen LogP contribution in [-0.2, 0) is 0 Å². The standard InChI is InChI=1S/C43H25N3/c1-2-12-26(13-3-1)41-38(25-28-15-5-8-21-34(28)44-41)45-36-23-11-18-31-33-20-10-19-32-30-17-7-9-22-35(30)46(42(32)33)43-29-16-6-4-14-27(29)24-37(45)40(43)39(31)36/h1-25H. The molecule has 0 fully saturated rings. The fourth-order valence-electron chi connectivity index (χ4n) is 8.12. The van der Waals surface area contributed by atoms with Gasteiger partial charge in [0.2, 0.25) is 0 Å². The molecule has 11 aromatic rings.